The summed E-state index contributed by atoms with van der Waals surface area (Å²) in [6.45, 7) is 4.78. The molecule has 0 bridgehead atoms. The molecular weight excluding hydrogens is 281 g/mol. The third-order valence-electron chi connectivity index (χ3n) is 4.71. The molecule has 0 amide bonds. The van der Waals surface area contributed by atoms with Crippen molar-refractivity contribution in [1.82, 2.24) is 4.90 Å². The standard InChI is InChI=1S/C18H26FNO2/c1-2-3-4-17(18(21)22)15-9-11-20(12-10-15)13-14-5-7-16(19)8-6-14/h5-8,15,17H,2-4,9-13H2,1H3,(H,21,22). The van der Waals surface area contributed by atoms with Crippen LogP contribution in [0, 0.1) is 17.7 Å². The topological polar surface area (TPSA) is 40.5 Å². The maximum atomic E-state index is 12.9. The van der Waals surface area contributed by atoms with E-state index in [0.29, 0.717) is 5.92 Å². The first-order valence-electron chi connectivity index (χ1n) is 8.29. The van der Waals surface area contributed by atoms with Gasteiger partial charge in [0.2, 0.25) is 0 Å². The molecule has 1 unspecified atom stereocenters. The molecule has 0 aromatic heterocycles. The van der Waals surface area contributed by atoms with Crippen molar-refractivity contribution in [2.75, 3.05) is 13.1 Å². The molecule has 1 aliphatic heterocycles. The number of likely N-dealkylation sites (tertiary alicyclic amines) is 1. The molecule has 1 aromatic rings. The lowest BCUT2D eigenvalue weighted by Crippen LogP contribution is -2.37. The van der Waals surface area contributed by atoms with Gasteiger partial charge >= 0.3 is 5.97 Å². The van der Waals surface area contributed by atoms with Crippen LogP contribution in [0.15, 0.2) is 24.3 Å². The summed E-state index contributed by atoms with van der Waals surface area (Å²) in [5.41, 5.74) is 1.11. The molecule has 22 heavy (non-hydrogen) atoms. The molecule has 2 rings (SSSR count). The molecule has 1 heterocycles. The van der Waals surface area contributed by atoms with Gasteiger partial charge in [0, 0.05) is 6.54 Å². The number of aliphatic carboxylic acids is 1. The van der Waals surface area contributed by atoms with Crippen molar-refractivity contribution >= 4 is 5.97 Å². The van der Waals surface area contributed by atoms with E-state index in [4.69, 9.17) is 0 Å². The minimum Gasteiger partial charge on any atom is -0.481 e. The molecule has 1 fully saturated rings. The molecule has 0 aliphatic carbocycles. The largest absolute Gasteiger partial charge is 0.481 e. The van der Waals surface area contributed by atoms with Crippen molar-refractivity contribution in [3.63, 3.8) is 0 Å². The Kier molecular flexibility index (Phi) is 6.37. The van der Waals surface area contributed by atoms with Crippen LogP contribution < -0.4 is 0 Å². The molecule has 1 saturated heterocycles. The molecule has 4 heteroatoms. The van der Waals surface area contributed by atoms with Crippen LogP contribution in [0.1, 0.15) is 44.6 Å². The predicted molar refractivity (Wildman–Crippen MR) is 85.1 cm³/mol. The average molecular weight is 307 g/mol. The van der Waals surface area contributed by atoms with Crippen LogP contribution in [0.2, 0.25) is 0 Å². The van der Waals surface area contributed by atoms with E-state index in [1.165, 1.54) is 12.1 Å². The summed E-state index contributed by atoms with van der Waals surface area (Å²) in [6.07, 6.45) is 4.73. The van der Waals surface area contributed by atoms with E-state index in [0.717, 1.165) is 57.3 Å². The fourth-order valence-corrected chi connectivity index (χ4v) is 3.35. The van der Waals surface area contributed by atoms with Crippen LogP contribution >= 0.6 is 0 Å². The summed E-state index contributed by atoms with van der Waals surface area (Å²) in [4.78, 5) is 13.8. The lowest BCUT2D eigenvalue weighted by Gasteiger charge is -2.34. The van der Waals surface area contributed by atoms with Crippen LogP contribution in [0.3, 0.4) is 0 Å². The normalized spacial score (nSPS) is 18.3. The number of rotatable bonds is 7. The molecule has 0 saturated carbocycles. The maximum absolute atomic E-state index is 12.9. The van der Waals surface area contributed by atoms with Gasteiger partial charge in [-0.3, -0.25) is 9.69 Å². The van der Waals surface area contributed by atoms with Crippen molar-refractivity contribution in [1.29, 1.82) is 0 Å². The molecular formula is C18H26FNO2. The number of carboxylic acids is 1. The Morgan fingerprint density at radius 2 is 1.95 bits per heavy atom. The molecule has 122 valence electrons. The molecule has 0 radical (unpaired) electrons. The van der Waals surface area contributed by atoms with Crippen LogP contribution in [0.25, 0.3) is 0 Å². The first-order valence-corrected chi connectivity index (χ1v) is 8.29. The van der Waals surface area contributed by atoms with Gasteiger partial charge in [-0.15, -0.1) is 0 Å². The number of hydrogen-bond acceptors (Lipinski definition) is 2. The third-order valence-corrected chi connectivity index (χ3v) is 4.71. The Morgan fingerprint density at radius 1 is 1.32 bits per heavy atom. The lowest BCUT2D eigenvalue weighted by atomic mass is 9.81. The van der Waals surface area contributed by atoms with Crippen molar-refractivity contribution in [3.8, 4) is 0 Å². The summed E-state index contributed by atoms with van der Waals surface area (Å²) in [5.74, 6) is -0.727. The number of hydrogen-bond donors (Lipinski definition) is 1. The number of carboxylic acid groups (broad SMARTS) is 1. The molecule has 1 aromatic carbocycles. The monoisotopic (exact) mass is 307 g/mol. The van der Waals surface area contributed by atoms with E-state index in [2.05, 4.69) is 11.8 Å². The minimum atomic E-state index is -0.634. The summed E-state index contributed by atoms with van der Waals surface area (Å²) in [6, 6.07) is 6.63. The van der Waals surface area contributed by atoms with Gasteiger partial charge in [0.15, 0.2) is 0 Å². The lowest BCUT2D eigenvalue weighted by molar-refractivity contribution is -0.144. The maximum Gasteiger partial charge on any atom is 0.306 e. The Hall–Kier alpha value is -1.42. The van der Waals surface area contributed by atoms with E-state index < -0.39 is 5.97 Å². The summed E-state index contributed by atoms with van der Waals surface area (Å²) < 4.78 is 12.9. The number of carbonyl (C=O) groups is 1. The van der Waals surface area contributed by atoms with Crippen LogP contribution in [-0.2, 0) is 11.3 Å². The van der Waals surface area contributed by atoms with Crippen LogP contribution in [0.4, 0.5) is 4.39 Å². The second-order valence-corrected chi connectivity index (χ2v) is 6.33. The van der Waals surface area contributed by atoms with Gasteiger partial charge in [0.1, 0.15) is 5.82 Å². The van der Waals surface area contributed by atoms with Gasteiger partial charge in [0.25, 0.3) is 0 Å². The highest BCUT2D eigenvalue weighted by Crippen LogP contribution is 2.29. The van der Waals surface area contributed by atoms with Gasteiger partial charge < -0.3 is 5.11 Å². The molecule has 1 atom stereocenters. The summed E-state index contributed by atoms with van der Waals surface area (Å²) >= 11 is 0. The Labute approximate surface area is 132 Å². The highest BCUT2D eigenvalue weighted by atomic mass is 19.1. The molecule has 1 aliphatic rings. The first-order chi connectivity index (χ1) is 10.6. The SMILES string of the molecule is CCCCC(C(=O)O)C1CCN(Cc2ccc(F)cc2)CC1. The zero-order chi connectivity index (χ0) is 15.9. The fourth-order valence-electron chi connectivity index (χ4n) is 3.35. The first kappa shape index (κ1) is 16.9. The van der Waals surface area contributed by atoms with Gasteiger partial charge in [-0.1, -0.05) is 31.9 Å². The van der Waals surface area contributed by atoms with Crippen molar-refractivity contribution < 1.29 is 14.3 Å². The Morgan fingerprint density at radius 3 is 2.50 bits per heavy atom. The van der Waals surface area contributed by atoms with E-state index >= 15 is 0 Å². The highest BCUT2D eigenvalue weighted by Gasteiger charge is 2.30. The van der Waals surface area contributed by atoms with Crippen molar-refractivity contribution in [2.24, 2.45) is 11.8 Å². The second kappa shape index (κ2) is 8.28. The third kappa shape index (κ3) is 4.80. The average Bonchev–Trinajstić information content (AvgIpc) is 2.51. The zero-order valence-electron chi connectivity index (χ0n) is 13.3. The molecule has 1 N–H and O–H groups in total. The van der Waals surface area contributed by atoms with E-state index in [-0.39, 0.29) is 11.7 Å². The second-order valence-electron chi connectivity index (χ2n) is 6.33. The number of benzene rings is 1. The minimum absolute atomic E-state index is 0.187. The Bertz CT molecular complexity index is 466. The number of unbranched alkanes of at least 4 members (excludes halogenated alkanes) is 1. The molecule has 0 spiro atoms. The van der Waals surface area contributed by atoms with Crippen LogP contribution in [-0.4, -0.2) is 29.1 Å². The van der Waals surface area contributed by atoms with Gasteiger partial charge in [-0.25, -0.2) is 4.39 Å². The summed E-state index contributed by atoms with van der Waals surface area (Å²) in [7, 11) is 0. The van der Waals surface area contributed by atoms with E-state index in [1.54, 1.807) is 0 Å². The Balaban J connectivity index is 1.83. The number of halogens is 1. The van der Waals surface area contributed by atoms with Gasteiger partial charge in [0.05, 0.1) is 5.92 Å². The van der Waals surface area contributed by atoms with Crippen molar-refractivity contribution in [3.05, 3.63) is 35.6 Å². The summed E-state index contributed by atoms with van der Waals surface area (Å²) in [5, 5.41) is 9.43. The molecule has 3 nitrogen and oxygen atoms in total. The fraction of sp³-hybridized carbons (Fsp3) is 0.611. The smallest absolute Gasteiger partial charge is 0.306 e. The van der Waals surface area contributed by atoms with E-state index in [9.17, 15) is 14.3 Å². The number of nitrogens with zero attached hydrogens (tertiary/aromatic N) is 1. The quantitative estimate of drug-likeness (QED) is 0.830. The van der Waals surface area contributed by atoms with Gasteiger partial charge in [-0.2, -0.15) is 0 Å². The zero-order valence-corrected chi connectivity index (χ0v) is 13.3. The van der Waals surface area contributed by atoms with Crippen LogP contribution in [0.5, 0.6) is 0 Å². The van der Waals surface area contributed by atoms with E-state index in [1.807, 2.05) is 12.1 Å². The highest BCUT2D eigenvalue weighted by molar-refractivity contribution is 5.70. The van der Waals surface area contributed by atoms with Crippen molar-refractivity contribution in [2.45, 2.75) is 45.6 Å². The number of piperidine rings is 1. The predicted octanol–water partition coefficient (Wildman–Crippen LogP) is 3.93. The van der Waals surface area contributed by atoms with Gasteiger partial charge in [-0.05, 0) is 56.0 Å².